The highest BCUT2D eigenvalue weighted by atomic mass is 79.9. The Morgan fingerprint density at radius 1 is 0.672 bits per heavy atom. The summed E-state index contributed by atoms with van der Waals surface area (Å²) < 4.78 is 4.85. The van der Waals surface area contributed by atoms with Crippen LogP contribution in [0.25, 0.3) is 43.6 Å². The van der Waals surface area contributed by atoms with Gasteiger partial charge >= 0.3 is 3.18 Å². The molecule has 2 heterocycles. The first kappa shape index (κ1) is 49.0. The van der Waals surface area contributed by atoms with Crippen molar-refractivity contribution >= 4 is 140 Å². The number of halogens is 5. The number of ketones is 4. The molecule has 1 N–H and O–H groups in total. The van der Waals surface area contributed by atoms with Crippen LogP contribution in [0.4, 0.5) is 0 Å². The number of carbonyl (C=O) groups excluding carboxylic acids is 4. The van der Waals surface area contributed by atoms with E-state index >= 15 is 0 Å². The largest absolute Gasteiger partial charge is 0.507 e. The van der Waals surface area contributed by atoms with Gasteiger partial charge in [0.05, 0.1) is 16.4 Å². The first-order valence-electron chi connectivity index (χ1n) is 20.2. The van der Waals surface area contributed by atoms with Gasteiger partial charge in [-0.2, -0.15) is 0 Å². The van der Waals surface area contributed by atoms with Crippen molar-refractivity contribution in [2.24, 2.45) is 0 Å². The zero-order valence-electron chi connectivity index (χ0n) is 35.7. The molecule has 0 radical (unpaired) electrons. The maximum atomic E-state index is 12.3. The number of phenolic OH excluding ortho intramolecular Hbond substituents is 1. The summed E-state index contributed by atoms with van der Waals surface area (Å²) in [7, 11) is 8.28. The molecule has 0 unspecified atom stereocenters. The van der Waals surface area contributed by atoms with Gasteiger partial charge in [-0.15, -0.1) is 70.5 Å². The Balaban J connectivity index is 0.000000201. The van der Waals surface area contributed by atoms with Crippen LogP contribution in [0.3, 0.4) is 0 Å². The Bertz CT molecular complexity index is 2460. The second kappa shape index (κ2) is 21.6. The molecule has 2 aliphatic rings. The number of phenols is 1. The minimum atomic E-state index is -0.161. The van der Waals surface area contributed by atoms with Crippen molar-refractivity contribution in [3.05, 3.63) is 87.5 Å². The molecule has 2 aliphatic carbocycles. The van der Waals surface area contributed by atoms with Gasteiger partial charge in [-0.1, -0.05) is 0 Å². The standard InChI is InChI=1S/C23H26N2O2.C22H24N2O3.CH2Cl2.BBr3/c1-14-12-21-19(13-18(14)15(2)26)23-17-7-9-22(27)16(17)6-8-20(23)25(21)11-5-10-24(3)4;1-13(25)16-11-17-19(12-21(16)27)24(10-4-9-23(2)3)18-7-5-14-15(22(17)18)6-8-20(14)26;2-1-3;2-1(3)4/h6,8,12-13H,5,7,9-11H2,1-4H3;5,7,11-12,27H,4,6,8-10H2,1-3H3;1H2;. The fourth-order valence-corrected chi connectivity index (χ4v) is 8.72. The highest BCUT2D eigenvalue weighted by molar-refractivity contribution is 9.69. The first-order valence-corrected chi connectivity index (χ1v) is 24.0. The molecule has 0 spiro atoms. The number of rotatable bonds is 10. The smallest absolute Gasteiger partial charge is 0.369 e. The maximum absolute atomic E-state index is 12.3. The number of aryl methyl sites for hydroxylation is 5. The predicted molar refractivity (Wildman–Crippen MR) is 266 cm³/mol. The van der Waals surface area contributed by atoms with Crippen LogP contribution in [0.5, 0.6) is 5.75 Å². The molecular formula is C46H52BBr3Cl2N4O5. The zero-order chi connectivity index (χ0) is 44.9. The Kier molecular flexibility index (Phi) is 17.3. The molecule has 0 saturated heterocycles. The van der Waals surface area contributed by atoms with E-state index in [9.17, 15) is 24.3 Å². The molecule has 324 valence electrons. The molecule has 0 aliphatic heterocycles. The molecule has 61 heavy (non-hydrogen) atoms. The van der Waals surface area contributed by atoms with Gasteiger partial charge in [-0.25, -0.2) is 0 Å². The maximum Gasteiger partial charge on any atom is 0.369 e. The summed E-state index contributed by atoms with van der Waals surface area (Å²) in [6.45, 7) is 8.81. The van der Waals surface area contributed by atoms with E-state index in [1.54, 1.807) is 19.1 Å². The van der Waals surface area contributed by atoms with Gasteiger partial charge in [-0.05, 0) is 147 Å². The summed E-state index contributed by atoms with van der Waals surface area (Å²) in [5.41, 5.74) is 10.3. The molecule has 2 aromatic heterocycles. The first-order chi connectivity index (χ1) is 28.9. The van der Waals surface area contributed by atoms with Crippen molar-refractivity contribution in [2.75, 3.05) is 46.6 Å². The lowest BCUT2D eigenvalue weighted by molar-refractivity contribution is 0.0986. The van der Waals surface area contributed by atoms with Crippen molar-refractivity contribution in [1.29, 1.82) is 0 Å². The third-order valence-corrected chi connectivity index (χ3v) is 11.3. The molecule has 9 nitrogen and oxygen atoms in total. The SMILES string of the molecule is BrB(Br)Br.CC(=O)c1cc2c3c4c(ccc3n(CCCN(C)C)c2cc1C)C(=O)CC4.CC(=O)c1cc2c3c4c(ccc3n(CCCN(C)C)c2cc1O)C(=O)CC4.ClCCl. The quantitative estimate of drug-likeness (QED) is 0.0828. The molecule has 0 saturated carbocycles. The number of carbonyl (C=O) groups is 4. The zero-order valence-corrected chi connectivity index (χ0v) is 42.0. The summed E-state index contributed by atoms with van der Waals surface area (Å²) in [5, 5.41) is 14.9. The number of Topliss-reactive ketones (excluding diaryl/α,β-unsaturated/α-hetero) is 4. The Morgan fingerprint density at radius 2 is 1.07 bits per heavy atom. The molecular weight excluding hydrogens is 1010 g/mol. The molecule has 6 aromatic rings. The fraction of sp³-hybridized carbons (Fsp3) is 0.391. The second-order valence-corrected chi connectivity index (χ2v) is 23.2. The van der Waals surface area contributed by atoms with E-state index in [-0.39, 0.29) is 37.4 Å². The normalized spacial score (nSPS) is 13.0. The van der Waals surface area contributed by atoms with Gasteiger partial charge < -0.3 is 24.0 Å². The number of fused-ring (bicyclic) bond motifs is 10. The van der Waals surface area contributed by atoms with E-state index < -0.39 is 0 Å². The molecule has 0 amide bonds. The Labute approximate surface area is 393 Å². The highest BCUT2D eigenvalue weighted by Crippen LogP contribution is 2.41. The third-order valence-electron chi connectivity index (χ3n) is 11.3. The predicted octanol–water partition coefficient (Wildman–Crippen LogP) is 11.7. The van der Waals surface area contributed by atoms with E-state index in [1.165, 1.54) is 23.3 Å². The van der Waals surface area contributed by atoms with Crippen molar-refractivity contribution in [3.63, 3.8) is 0 Å². The van der Waals surface area contributed by atoms with Gasteiger partial charge in [0.1, 0.15) is 5.75 Å². The van der Waals surface area contributed by atoms with Crippen molar-refractivity contribution < 1.29 is 24.3 Å². The van der Waals surface area contributed by atoms with Crippen LogP contribution in [0, 0.1) is 6.92 Å². The lowest BCUT2D eigenvalue weighted by Crippen LogP contribution is -2.15. The minimum absolute atomic E-state index is 0.0133. The van der Waals surface area contributed by atoms with Gasteiger partial charge in [0.2, 0.25) is 0 Å². The molecule has 0 bridgehead atoms. The second-order valence-electron chi connectivity index (χ2n) is 16.0. The lowest BCUT2D eigenvalue weighted by atomic mass is 9.98. The average Bonchev–Trinajstić information content (AvgIpc) is 3.92. The van der Waals surface area contributed by atoms with Gasteiger partial charge in [0.25, 0.3) is 0 Å². The van der Waals surface area contributed by atoms with E-state index in [4.69, 9.17) is 23.2 Å². The number of hydrogen-bond acceptors (Lipinski definition) is 7. The molecule has 0 atom stereocenters. The van der Waals surface area contributed by atoms with Gasteiger partial charge in [-0.3, -0.25) is 19.2 Å². The number of aromatic hydroxyl groups is 1. The van der Waals surface area contributed by atoms with E-state index in [2.05, 4.69) is 107 Å². The average molecular weight is 1060 g/mol. The number of nitrogens with zero attached hydrogens (tertiary/aromatic N) is 4. The Hall–Kier alpha value is -3.04. The Morgan fingerprint density at radius 3 is 1.46 bits per heavy atom. The van der Waals surface area contributed by atoms with E-state index in [1.807, 2.05) is 31.2 Å². The summed E-state index contributed by atoms with van der Waals surface area (Å²) in [6.07, 6.45) is 4.68. The monoisotopic (exact) mass is 1060 g/mol. The van der Waals surface area contributed by atoms with E-state index in [0.29, 0.717) is 18.4 Å². The summed E-state index contributed by atoms with van der Waals surface area (Å²) in [4.78, 5) is 52.9. The summed E-state index contributed by atoms with van der Waals surface area (Å²) in [6, 6.07) is 15.7. The molecule has 15 heteroatoms. The van der Waals surface area contributed by atoms with Crippen LogP contribution in [-0.2, 0) is 25.9 Å². The van der Waals surface area contributed by atoms with E-state index in [0.717, 1.165) is 112 Å². The minimum Gasteiger partial charge on any atom is -0.507 e. The van der Waals surface area contributed by atoms with Crippen LogP contribution in [0.1, 0.15) is 97.7 Å². The third kappa shape index (κ3) is 11.0. The molecule has 4 aromatic carbocycles. The summed E-state index contributed by atoms with van der Waals surface area (Å²) >= 11 is 18.8. The lowest BCUT2D eigenvalue weighted by Gasteiger charge is -2.12. The van der Waals surface area contributed by atoms with Crippen LogP contribution in [0.2, 0.25) is 0 Å². The highest BCUT2D eigenvalue weighted by Gasteiger charge is 2.27. The number of aromatic nitrogens is 2. The van der Waals surface area contributed by atoms with Gasteiger partial charge in [0.15, 0.2) is 23.1 Å². The van der Waals surface area contributed by atoms with Crippen LogP contribution >= 0.6 is 70.5 Å². The number of hydrogen-bond donors (Lipinski definition) is 1. The molecule has 0 fully saturated rings. The van der Waals surface area contributed by atoms with Crippen LogP contribution in [-0.4, -0.2) is 97.0 Å². The van der Waals surface area contributed by atoms with Crippen molar-refractivity contribution in [3.8, 4) is 5.75 Å². The molecule has 8 rings (SSSR count). The van der Waals surface area contributed by atoms with Crippen LogP contribution < -0.4 is 0 Å². The van der Waals surface area contributed by atoms with Gasteiger partial charge in [0, 0.05) is 86.8 Å². The number of alkyl halides is 2. The topological polar surface area (TPSA) is 105 Å². The van der Waals surface area contributed by atoms with Crippen molar-refractivity contribution in [2.45, 2.75) is 72.4 Å². The fourth-order valence-electron chi connectivity index (χ4n) is 8.72. The van der Waals surface area contributed by atoms with Crippen molar-refractivity contribution in [1.82, 2.24) is 18.9 Å². The number of benzene rings is 4. The van der Waals surface area contributed by atoms with Crippen LogP contribution in [0.15, 0.2) is 48.5 Å². The summed E-state index contributed by atoms with van der Waals surface area (Å²) in [5.74, 6) is 0.364.